The number of piperidine rings is 1. The molecule has 1 amide bonds. The van der Waals surface area contributed by atoms with E-state index in [1.807, 2.05) is 43.6 Å². The number of fused-ring (bicyclic) bond motifs is 3. The molecular weight excluding hydrogens is 440 g/mol. The van der Waals surface area contributed by atoms with Crippen molar-refractivity contribution in [1.29, 1.82) is 0 Å². The lowest BCUT2D eigenvalue weighted by atomic mass is 9.64. The summed E-state index contributed by atoms with van der Waals surface area (Å²) in [5, 5.41) is 0. The van der Waals surface area contributed by atoms with E-state index in [0.29, 0.717) is 13.0 Å². The third-order valence-corrected chi connectivity index (χ3v) is 8.24. The number of carbonyl (C=O) groups excluding carboxylic acids is 1. The fourth-order valence-corrected chi connectivity index (χ4v) is 6.14. The summed E-state index contributed by atoms with van der Waals surface area (Å²) in [7, 11) is 0. The van der Waals surface area contributed by atoms with Crippen molar-refractivity contribution in [3.63, 3.8) is 0 Å². The minimum absolute atomic E-state index is 0.0210. The molecule has 2 aromatic rings. The van der Waals surface area contributed by atoms with Crippen molar-refractivity contribution < 1.29 is 19.0 Å². The molecule has 0 N–H and O–H groups in total. The van der Waals surface area contributed by atoms with Gasteiger partial charge in [0.05, 0.1) is 19.3 Å². The number of carbonyl (C=O) groups is 1. The lowest BCUT2D eigenvalue weighted by molar-refractivity contribution is -0.176. The highest BCUT2D eigenvalue weighted by Crippen LogP contribution is 2.57. The maximum Gasteiger partial charge on any atom is 0.222 e. The van der Waals surface area contributed by atoms with Gasteiger partial charge in [0, 0.05) is 43.4 Å². The molecule has 35 heavy (non-hydrogen) atoms. The topological polar surface area (TPSA) is 60.9 Å². The van der Waals surface area contributed by atoms with Crippen LogP contribution in [0.2, 0.25) is 0 Å². The number of benzene rings is 1. The predicted molar refractivity (Wildman–Crippen MR) is 135 cm³/mol. The van der Waals surface area contributed by atoms with Crippen molar-refractivity contribution in [1.82, 2.24) is 9.88 Å². The lowest BCUT2D eigenvalue weighted by Crippen LogP contribution is -2.54. The first-order chi connectivity index (χ1) is 16.9. The van der Waals surface area contributed by atoms with Gasteiger partial charge in [0.25, 0.3) is 0 Å². The Labute approximate surface area is 209 Å². The highest BCUT2D eigenvalue weighted by atomic mass is 16.5. The number of pyridine rings is 1. The highest BCUT2D eigenvalue weighted by molar-refractivity contribution is 5.76. The normalized spacial score (nSPS) is 24.3. The third-order valence-electron chi connectivity index (χ3n) is 8.24. The number of ether oxygens (including phenoxy) is 3. The summed E-state index contributed by atoms with van der Waals surface area (Å²) in [6.45, 7) is 9.35. The van der Waals surface area contributed by atoms with Crippen LogP contribution >= 0.6 is 0 Å². The van der Waals surface area contributed by atoms with E-state index in [2.05, 4.69) is 29.8 Å². The number of amides is 1. The number of rotatable bonds is 6. The first-order valence-electron chi connectivity index (χ1n) is 13.1. The molecule has 4 heterocycles. The second kappa shape index (κ2) is 9.81. The molecule has 0 unspecified atom stereocenters. The second-order valence-electron chi connectivity index (χ2n) is 10.9. The van der Waals surface area contributed by atoms with E-state index in [4.69, 9.17) is 14.2 Å². The van der Waals surface area contributed by atoms with E-state index in [1.54, 1.807) is 0 Å². The average Bonchev–Trinajstić information content (AvgIpc) is 2.86. The average molecular weight is 479 g/mol. The van der Waals surface area contributed by atoms with Crippen LogP contribution in [0.25, 0.3) is 0 Å². The maximum atomic E-state index is 12.9. The van der Waals surface area contributed by atoms with Gasteiger partial charge in [0.2, 0.25) is 5.91 Å². The fourth-order valence-electron chi connectivity index (χ4n) is 6.14. The number of aromatic nitrogens is 1. The Bertz CT molecular complexity index is 1030. The summed E-state index contributed by atoms with van der Waals surface area (Å²) in [4.78, 5) is 19.0. The SMILES string of the molecule is CCOc1cccc2c1OC(C)(C)[C@H]1CC3(CCN(C(=O)CCCc4ccncc4)CC3)CO[C@H]21. The highest BCUT2D eigenvalue weighted by Gasteiger charge is 2.53. The molecule has 5 rings (SSSR count). The number of likely N-dealkylation sites (tertiary alicyclic amines) is 1. The molecule has 0 radical (unpaired) electrons. The van der Waals surface area contributed by atoms with E-state index in [0.717, 1.165) is 68.9 Å². The largest absolute Gasteiger partial charge is 0.490 e. The van der Waals surface area contributed by atoms with Crippen molar-refractivity contribution in [3.05, 3.63) is 53.9 Å². The van der Waals surface area contributed by atoms with Crippen molar-refractivity contribution >= 4 is 5.91 Å². The van der Waals surface area contributed by atoms with Crippen LogP contribution in [0.15, 0.2) is 42.7 Å². The second-order valence-corrected chi connectivity index (χ2v) is 10.9. The van der Waals surface area contributed by atoms with Crippen molar-refractivity contribution in [3.8, 4) is 11.5 Å². The Morgan fingerprint density at radius 1 is 1.17 bits per heavy atom. The quantitative estimate of drug-likeness (QED) is 0.559. The Balaban J connectivity index is 1.20. The predicted octanol–water partition coefficient (Wildman–Crippen LogP) is 5.36. The van der Waals surface area contributed by atoms with Gasteiger partial charge in [-0.3, -0.25) is 9.78 Å². The first kappa shape index (κ1) is 24.1. The molecule has 6 heteroatoms. The standard InChI is InChI=1S/C29H38N2O4/c1-4-33-24-9-6-8-22-26-23(28(2,3)35-27(22)24)19-29(20-34-26)13-17-31(18-14-29)25(32)10-5-7-21-11-15-30-16-12-21/h6,8-9,11-12,15-16,23,26H,4-5,7,10,13-14,17-20H2,1-3H3/t23-,26+/m0/s1. The van der Waals surface area contributed by atoms with Crippen molar-refractivity contribution in [2.75, 3.05) is 26.3 Å². The Morgan fingerprint density at radius 3 is 2.69 bits per heavy atom. The van der Waals surface area contributed by atoms with E-state index in [-0.39, 0.29) is 28.9 Å². The molecule has 1 spiro atoms. The van der Waals surface area contributed by atoms with Crippen molar-refractivity contribution in [2.45, 2.75) is 71.0 Å². The summed E-state index contributed by atoms with van der Waals surface area (Å²) < 4.78 is 19.1. The summed E-state index contributed by atoms with van der Waals surface area (Å²) >= 11 is 0. The molecule has 0 bridgehead atoms. The fraction of sp³-hybridized carbons (Fsp3) is 0.586. The molecule has 1 aromatic carbocycles. The minimum atomic E-state index is -0.349. The Morgan fingerprint density at radius 2 is 1.94 bits per heavy atom. The van der Waals surface area contributed by atoms with Gasteiger partial charge in [-0.15, -0.1) is 0 Å². The Hall–Kier alpha value is -2.60. The van der Waals surface area contributed by atoms with Gasteiger partial charge in [0.15, 0.2) is 11.5 Å². The van der Waals surface area contributed by atoms with Crippen LogP contribution in [-0.4, -0.2) is 47.7 Å². The number of hydrogen-bond acceptors (Lipinski definition) is 5. The number of para-hydroxylation sites is 1. The van der Waals surface area contributed by atoms with Gasteiger partial charge < -0.3 is 19.1 Å². The molecule has 2 atom stereocenters. The van der Waals surface area contributed by atoms with E-state index < -0.39 is 0 Å². The molecule has 0 aliphatic carbocycles. The number of hydrogen-bond donors (Lipinski definition) is 0. The van der Waals surface area contributed by atoms with Gasteiger partial charge >= 0.3 is 0 Å². The third kappa shape index (κ3) is 4.90. The van der Waals surface area contributed by atoms with E-state index in [9.17, 15) is 4.79 Å². The lowest BCUT2D eigenvalue weighted by Gasteiger charge is -2.54. The summed E-state index contributed by atoms with van der Waals surface area (Å²) in [5.41, 5.74) is 2.12. The van der Waals surface area contributed by atoms with Gasteiger partial charge in [-0.05, 0) is 82.1 Å². The van der Waals surface area contributed by atoms with Crippen LogP contribution in [0.5, 0.6) is 11.5 Å². The number of nitrogens with zero attached hydrogens (tertiary/aromatic N) is 2. The summed E-state index contributed by atoms with van der Waals surface area (Å²) in [6.07, 6.45) is 9.11. The van der Waals surface area contributed by atoms with Crippen molar-refractivity contribution in [2.24, 2.45) is 11.3 Å². The summed E-state index contributed by atoms with van der Waals surface area (Å²) in [5.74, 6) is 2.19. The van der Waals surface area contributed by atoms with Crippen LogP contribution in [0.3, 0.4) is 0 Å². The molecule has 0 saturated carbocycles. The van der Waals surface area contributed by atoms with Gasteiger partial charge in [-0.2, -0.15) is 0 Å². The molecule has 1 aromatic heterocycles. The smallest absolute Gasteiger partial charge is 0.222 e. The zero-order chi connectivity index (χ0) is 24.5. The molecule has 6 nitrogen and oxygen atoms in total. The zero-order valence-electron chi connectivity index (χ0n) is 21.3. The van der Waals surface area contributed by atoms with Crippen LogP contribution in [0.1, 0.15) is 70.1 Å². The van der Waals surface area contributed by atoms with Gasteiger partial charge in [-0.1, -0.05) is 12.1 Å². The van der Waals surface area contributed by atoms with E-state index in [1.165, 1.54) is 5.56 Å². The molecule has 188 valence electrons. The van der Waals surface area contributed by atoms with Crippen LogP contribution in [0.4, 0.5) is 0 Å². The Kier molecular flexibility index (Phi) is 6.75. The number of aryl methyl sites for hydroxylation is 1. The molecule has 3 aliphatic rings. The van der Waals surface area contributed by atoms with Crippen LogP contribution in [0, 0.1) is 11.3 Å². The van der Waals surface area contributed by atoms with Gasteiger partial charge in [0.1, 0.15) is 5.60 Å². The van der Waals surface area contributed by atoms with E-state index >= 15 is 0 Å². The van der Waals surface area contributed by atoms with Crippen LogP contribution < -0.4 is 9.47 Å². The maximum absolute atomic E-state index is 12.9. The summed E-state index contributed by atoms with van der Waals surface area (Å²) in [6, 6.07) is 10.2. The molecular formula is C29H38N2O4. The monoisotopic (exact) mass is 478 g/mol. The molecule has 2 fully saturated rings. The van der Waals surface area contributed by atoms with Gasteiger partial charge in [-0.25, -0.2) is 0 Å². The molecule has 2 saturated heterocycles. The van der Waals surface area contributed by atoms with Crippen LogP contribution in [-0.2, 0) is 16.0 Å². The first-order valence-corrected chi connectivity index (χ1v) is 13.1. The zero-order valence-corrected chi connectivity index (χ0v) is 21.3. The molecule has 3 aliphatic heterocycles. The minimum Gasteiger partial charge on any atom is -0.490 e.